The van der Waals surface area contributed by atoms with E-state index >= 15 is 0 Å². The topological polar surface area (TPSA) is 46.8 Å². The maximum Gasteiger partial charge on any atom is 0.416 e. The van der Waals surface area contributed by atoms with Crippen LogP contribution in [0.25, 0.3) is 5.69 Å². The van der Waals surface area contributed by atoms with Gasteiger partial charge in [0.2, 0.25) is 0 Å². The molecule has 5 nitrogen and oxygen atoms in total. The molecule has 0 atom stereocenters. The van der Waals surface area contributed by atoms with E-state index < -0.39 is 11.7 Å². The van der Waals surface area contributed by atoms with Crippen molar-refractivity contribution in [3.8, 4) is 5.69 Å². The van der Waals surface area contributed by atoms with Crippen LogP contribution in [0.3, 0.4) is 0 Å². The SMILES string of the molecule is CCc1ccc2c(c1)CN(Cc1nnnn1-c1ccc(C(F)(F)F)cc1)CC2. The fourth-order valence-corrected chi connectivity index (χ4v) is 3.52. The van der Waals surface area contributed by atoms with Crippen LogP contribution in [-0.4, -0.2) is 31.7 Å². The number of hydrogen-bond acceptors (Lipinski definition) is 4. The summed E-state index contributed by atoms with van der Waals surface area (Å²) in [6.07, 6.45) is -2.40. The lowest BCUT2D eigenvalue weighted by molar-refractivity contribution is -0.137. The molecule has 0 saturated carbocycles. The summed E-state index contributed by atoms with van der Waals surface area (Å²) in [6.45, 7) is 4.37. The van der Waals surface area contributed by atoms with Gasteiger partial charge in [-0.15, -0.1) is 5.10 Å². The number of rotatable bonds is 4. The molecule has 0 radical (unpaired) electrons. The molecule has 0 saturated heterocycles. The third-order valence-electron chi connectivity index (χ3n) is 5.11. The summed E-state index contributed by atoms with van der Waals surface area (Å²) < 4.78 is 39.8. The highest BCUT2D eigenvalue weighted by molar-refractivity contribution is 5.36. The summed E-state index contributed by atoms with van der Waals surface area (Å²) in [7, 11) is 0. The molecule has 2 aromatic carbocycles. The Labute approximate surface area is 160 Å². The molecule has 4 rings (SSSR count). The van der Waals surface area contributed by atoms with Gasteiger partial charge in [0.25, 0.3) is 0 Å². The minimum Gasteiger partial charge on any atom is -0.291 e. The molecule has 1 aromatic heterocycles. The molecule has 0 N–H and O–H groups in total. The largest absolute Gasteiger partial charge is 0.416 e. The first kappa shape index (κ1) is 18.6. The minimum absolute atomic E-state index is 0.513. The van der Waals surface area contributed by atoms with Crippen molar-refractivity contribution in [1.82, 2.24) is 25.1 Å². The van der Waals surface area contributed by atoms with Gasteiger partial charge in [0.1, 0.15) is 0 Å². The van der Waals surface area contributed by atoms with Crippen molar-refractivity contribution < 1.29 is 13.2 Å². The molecule has 1 aliphatic rings. The number of fused-ring (bicyclic) bond motifs is 1. The Kier molecular flexibility index (Phi) is 4.89. The minimum atomic E-state index is -4.36. The maximum absolute atomic E-state index is 12.8. The van der Waals surface area contributed by atoms with Crippen LogP contribution >= 0.6 is 0 Å². The van der Waals surface area contributed by atoms with Gasteiger partial charge in [-0.2, -0.15) is 17.9 Å². The van der Waals surface area contributed by atoms with E-state index in [9.17, 15) is 13.2 Å². The van der Waals surface area contributed by atoms with Crippen molar-refractivity contribution in [3.05, 3.63) is 70.5 Å². The Morgan fingerprint density at radius 1 is 1.04 bits per heavy atom. The average molecular weight is 387 g/mol. The molecule has 28 heavy (non-hydrogen) atoms. The van der Waals surface area contributed by atoms with E-state index in [2.05, 4.69) is 45.5 Å². The Balaban J connectivity index is 1.52. The molecule has 1 aliphatic heterocycles. The highest BCUT2D eigenvalue weighted by atomic mass is 19.4. The number of hydrogen-bond donors (Lipinski definition) is 0. The van der Waals surface area contributed by atoms with Gasteiger partial charge >= 0.3 is 6.18 Å². The van der Waals surface area contributed by atoms with E-state index in [0.717, 1.165) is 38.1 Å². The van der Waals surface area contributed by atoms with E-state index in [1.165, 1.54) is 33.5 Å². The molecule has 0 unspecified atom stereocenters. The summed E-state index contributed by atoms with van der Waals surface area (Å²) in [5, 5.41) is 11.8. The summed E-state index contributed by atoms with van der Waals surface area (Å²) in [6, 6.07) is 11.5. The number of alkyl halides is 3. The molecule has 3 aromatic rings. The van der Waals surface area contributed by atoms with Gasteiger partial charge in [0.15, 0.2) is 5.82 Å². The molecule has 0 fully saturated rings. The lowest BCUT2D eigenvalue weighted by Crippen LogP contribution is -2.31. The van der Waals surface area contributed by atoms with Crippen LogP contribution in [-0.2, 0) is 32.1 Å². The average Bonchev–Trinajstić information content (AvgIpc) is 3.15. The van der Waals surface area contributed by atoms with Gasteiger partial charge in [-0.3, -0.25) is 4.90 Å². The van der Waals surface area contributed by atoms with Gasteiger partial charge < -0.3 is 0 Å². The van der Waals surface area contributed by atoms with Gasteiger partial charge in [-0.1, -0.05) is 25.1 Å². The quantitative estimate of drug-likeness (QED) is 0.683. The molecule has 146 valence electrons. The molecule has 0 spiro atoms. The molecular weight excluding hydrogens is 367 g/mol. The van der Waals surface area contributed by atoms with Crippen molar-refractivity contribution >= 4 is 0 Å². The second-order valence-corrected chi connectivity index (χ2v) is 6.97. The summed E-state index contributed by atoms with van der Waals surface area (Å²) in [4.78, 5) is 2.26. The fraction of sp³-hybridized carbons (Fsp3) is 0.350. The number of aryl methyl sites for hydroxylation is 1. The van der Waals surface area contributed by atoms with Crippen LogP contribution in [0.4, 0.5) is 13.2 Å². The first-order valence-corrected chi connectivity index (χ1v) is 9.22. The van der Waals surface area contributed by atoms with Crippen LogP contribution in [0.5, 0.6) is 0 Å². The number of aromatic nitrogens is 4. The zero-order chi connectivity index (χ0) is 19.7. The van der Waals surface area contributed by atoms with Gasteiger partial charge in [-0.05, 0) is 64.2 Å². The van der Waals surface area contributed by atoms with Gasteiger partial charge in [-0.25, -0.2) is 0 Å². The first-order chi connectivity index (χ1) is 13.4. The lowest BCUT2D eigenvalue weighted by Gasteiger charge is -2.28. The zero-order valence-corrected chi connectivity index (χ0v) is 15.4. The van der Waals surface area contributed by atoms with Crippen molar-refractivity contribution in [2.75, 3.05) is 6.54 Å². The van der Waals surface area contributed by atoms with Crippen molar-refractivity contribution in [1.29, 1.82) is 0 Å². The maximum atomic E-state index is 12.8. The van der Waals surface area contributed by atoms with Crippen molar-refractivity contribution in [2.24, 2.45) is 0 Å². The summed E-state index contributed by atoms with van der Waals surface area (Å²) in [5.41, 5.74) is 3.83. The molecule has 2 heterocycles. The summed E-state index contributed by atoms with van der Waals surface area (Å²) in [5.74, 6) is 0.606. The van der Waals surface area contributed by atoms with E-state index in [1.807, 2.05) is 0 Å². The van der Waals surface area contributed by atoms with Crippen molar-refractivity contribution in [2.45, 2.75) is 39.0 Å². The van der Waals surface area contributed by atoms with E-state index in [4.69, 9.17) is 0 Å². The Morgan fingerprint density at radius 2 is 1.82 bits per heavy atom. The van der Waals surface area contributed by atoms with Gasteiger partial charge in [0.05, 0.1) is 17.8 Å². The van der Waals surface area contributed by atoms with Gasteiger partial charge in [0, 0.05) is 13.1 Å². The van der Waals surface area contributed by atoms with Crippen LogP contribution in [0.15, 0.2) is 42.5 Å². The Morgan fingerprint density at radius 3 is 2.54 bits per heavy atom. The second kappa shape index (κ2) is 7.35. The zero-order valence-electron chi connectivity index (χ0n) is 15.4. The van der Waals surface area contributed by atoms with Crippen LogP contribution in [0.1, 0.15) is 35.0 Å². The highest BCUT2D eigenvalue weighted by Gasteiger charge is 2.30. The van der Waals surface area contributed by atoms with Crippen LogP contribution < -0.4 is 0 Å². The third-order valence-corrected chi connectivity index (χ3v) is 5.11. The lowest BCUT2D eigenvalue weighted by atomic mass is 9.96. The number of nitrogens with zero attached hydrogens (tertiary/aromatic N) is 5. The molecule has 0 bridgehead atoms. The fourth-order valence-electron chi connectivity index (χ4n) is 3.52. The predicted molar refractivity (Wildman–Crippen MR) is 97.8 cm³/mol. The molecule has 8 heteroatoms. The standard InChI is InChI=1S/C20H20F3N5/c1-2-14-3-4-15-9-10-27(12-16(15)11-14)13-19-24-25-26-28(19)18-7-5-17(6-8-18)20(21,22)23/h3-8,11H,2,9-10,12-13H2,1H3. The Hall–Kier alpha value is -2.74. The molecular formula is C20H20F3N5. The highest BCUT2D eigenvalue weighted by Crippen LogP contribution is 2.29. The van der Waals surface area contributed by atoms with Crippen molar-refractivity contribution in [3.63, 3.8) is 0 Å². The number of tetrazole rings is 1. The normalized spacial score (nSPS) is 14.9. The Bertz CT molecular complexity index is 963. The van der Waals surface area contributed by atoms with E-state index in [1.54, 1.807) is 0 Å². The van der Waals surface area contributed by atoms with E-state index in [0.29, 0.717) is 18.1 Å². The monoisotopic (exact) mass is 387 g/mol. The second-order valence-electron chi connectivity index (χ2n) is 6.97. The van der Waals surface area contributed by atoms with Crippen LogP contribution in [0, 0.1) is 0 Å². The third kappa shape index (κ3) is 3.77. The summed E-state index contributed by atoms with van der Waals surface area (Å²) >= 11 is 0. The molecule has 0 amide bonds. The number of benzene rings is 2. The predicted octanol–water partition coefficient (Wildman–Crippen LogP) is 3.80. The smallest absolute Gasteiger partial charge is 0.291 e. The molecule has 0 aliphatic carbocycles. The first-order valence-electron chi connectivity index (χ1n) is 9.22. The van der Waals surface area contributed by atoms with Crippen LogP contribution in [0.2, 0.25) is 0 Å². The number of halogens is 3. The van der Waals surface area contributed by atoms with E-state index in [-0.39, 0.29) is 0 Å².